The molecule has 2 heteroatoms. The second-order valence-electron chi connectivity index (χ2n) is 5.32. The predicted octanol–water partition coefficient (Wildman–Crippen LogP) is 2.25. The first-order chi connectivity index (χ1) is 7.31. The van der Waals surface area contributed by atoms with E-state index in [9.17, 15) is 0 Å². The topological polar surface area (TPSA) is 15.3 Å². The van der Waals surface area contributed by atoms with Crippen molar-refractivity contribution in [2.45, 2.75) is 58.0 Å². The average Bonchev–Trinajstić information content (AvgIpc) is 2.86. The van der Waals surface area contributed by atoms with Gasteiger partial charge in [0, 0.05) is 18.6 Å². The van der Waals surface area contributed by atoms with Crippen molar-refractivity contribution in [2.75, 3.05) is 19.6 Å². The lowest BCUT2D eigenvalue weighted by molar-refractivity contribution is 0.172. The molecule has 88 valence electrons. The van der Waals surface area contributed by atoms with Crippen molar-refractivity contribution in [3.05, 3.63) is 0 Å². The van der Waals surface area contributed by atoms with Gasteiger partial charge in [0.05, 0.1) is 0 Å². The Hall–Kier alpha value is -0.0800. The fourth-order valence-electron chi connectivity index (χ4n) is 3.27. The lowest BCUT2D eigenvalue weighted by Gasteiger charge is -2.31. The van der Waals surface area contributed by atoms with Gasteiger partial charge in [-0.25, -0.2) is 0 Å². The van der Waals surface area contributed by atoms with Gasteiger partial charge in [-0.05, 0) is 45.2 Å². The molecular formula is C13H26N2. The van der Waals surface area contributed by atoms with Crippen LogP contribution in [-0.2, 0) is 0 Å². The molecule has 2 nitrogen and oxygen atoms in total. The summed E-state index contributed by atoms with van der Waals surface area (Å²) >= 11 is 0. The van der Waals surface area contributed by atoms with E-state index in [4.69, 9.17) is 0 Å². The molecule has 2 rings (SSSR count). The summed E-state index contributed by atoms with van der Waals surface area (Å²) in [6.07, 6.45) is 7.19. The Labute approximate surface area is 94.4 Å². The van der Waals surface area contributed by atoms with Crippen LogP contribution < -0.4 is 5.32 Å². The van der Waals surface area contributed by atoms with Gasteiger partial charge in [0.15, 0.2) is 0 Å². The minimum absolute atomic E-state index is 0.737. The van der Waals surface area contributed by atoms with Gasteiger partial charge in [-0.1, -0.05) is 19.8 Å². The largest absolute Gasteiger partial charge is 0.314 e. The minimum atomic E-state index is 0.737. The number of nitrogens with one attached hydrogen (secondary N) is 1. The second-order valence-corrected chi connectivity index (χ2v) is 5.32. The second kappa shape index (κ2) is 5.31. The summed E-state index contributed by atoms with van der Waals surface area (Å²) in [6.45, 7) is 8.47. The first-order valence-corrected chi connectivity index (χ1v) is 6.78. The molecule has 1 N–H and O–H groups in total. The van der Waals surface area contributed by atoms with Gasteiger partial charge in [-0.3, -0.25) is 0 Å². The first kappa shape index (κ1) is 11.4. The van der Waals surface area contributed by atoms with Gasteiger partial charge >= 0.3 is 0 Å². The quantitative estimate of drug-likeness (QED) is 0.765. The van der Waals surface area contributed by atoms with Gasteiger partial charge in [-0.15, -0.1) is 0 Å². The summed E-state index contributed by atoms with van der Waals surface area (Å²) in [4.78, 5) is 2.74. The van der Waals surface area contributed by atoms with Gasteiger partial charge in [-0.2, -0.15) is 0 Å². The monoisotopic (exact) mass is 210 g/mol. The molecule has 2 atom stereocenters. The highest BCUT2D eigenvalue weighted by atomic mass is 15.2. The van der Waals surface area contributed by atoms with E-state index in [1.54, 1.807) is 0 Å². The maximum Gasteiger partial charge on any atom is 0.00952 e. The molecule has 0 aromatic heterocycles. The molecule has 2 unspecified atom stereocenters. The third-order valence-corrected chi connectivity index (χ3v) is 4.40. The van der Waals surface area contributed by atoms with Crippen molar-refractivity contribution in [3.63, 3.8) is 0 Å². The molecule has 1 aliphatic carbocycles. The molecule has 0 aromatic carbocycles. The molecular weight excluding hydrogens is 184 g/mol. The van der Waals surface area contributed by atoms with Crippen molar-refractivity contribution in [3.8, 4) is 0 Å². The third kappa shape index (κ3) is 2.73. The zero-order valence-electron chi connectivity index (χ0n) is 10.3. The molecule has 1 heterocycles. The van der Waals surface area contributed by atoms with Crippen molar-refractivity contribution in [2.24, 2.45) is 5.92 Å². The van der Waals surface area contributed by atoms with Gasteiger partial charge < -0.3 is 10.2 Å². The van der Waals surface area contributed by atoms with Crippen LogP contribution in [0.1, 0.15) is 46.0 Å². The van der Waals surface area contributed by atoms with E-state index in [0.29, 0.717) is 0 Å². The maximum atomic E-state index is 3.56. The summed E-state index contributed by atoms with van der Waals surface area (Å²) in [7, 11) is 0. The van der Waals surface area contributed by atoms with E-state index in [1.807, 2.05) is 0 Å². The SMILES string of the molecule is CCN(CC1CCNC1C)C1CCCC1. The fraction of sp³-hybridized carbons (Fsp3) is 1.00. The first-order valence-electron chi connectivity index (χ1n) is 6.78. The van der Waals surface area contributed by atoms with Crippen molar-refractivity contribution in [1.29, 1.82) is 0 Å². The summed E-state index contributed by atoms with van der Waals surface area (Å²) in [6, 6.07) is 1.64. The van der Waals surface area contributed by atoms with Crippen LogP contribution >= 0.6 is 0 Å². The fourth-order valence-corrected chi connectivity index (χ4v) is 3.27. The van der Waals surface area contributed by atoms with Crippen molar-refractivity contribution < 1.29 is 0 Å². The lowest BCUT2D eigenvalue weighted by Crippen LogP contribution is -2.39. The highest BCUT2D eigenvalue weighted by Gasteiger charge is 2.28. The van der Waals surface area contributed by atoms with E-state index >= 15 is 0 Å². The van der Waals surface area contributed by atoms with Crippen LogP contribution in [0.2, 0.25) is 0 Å². The van der Waals surface area contributed by atoms with Crippen LogP contribution in [0.25, 0.3) is 0 Å². The van der Waals surface area contributed by atoms with Crippen LogP contribution in [0.15, 0.2) is 0 Å². The molecule has 0 amide bonds. The van der Waals surface area contributed by atoms with E-state index in [2.05, 4.69) is 24.1 Å². The molecule has 0 radical (unpaired) electrons. The van der Waals surface area contributed by atoms with E-state index in [0.717, 1.165) is 18.0 Å². The van der Waals surface area contributed by atoms with Gasteiger partial charge in [0.1, 0.15) is 0 Å². The molecule has 0 spiro atoms. The molecule has 1 saturated carbocycles. The van der Waals surface area contributed by atoms with E-state index in [-0.39, 0.29) is 0 Å². The smallest absolute Gasteiger partial charge is 0.00952 e. The predicted molar refractivity (Wildman–Crippen MR) is 65.1 cm³/mol. The van der Waals surface area contributed by atoms with Crippen LogP contribution in [0.5, 0.6) is 0 Å². The van der Waals surface area contributed by atoms with E-state index in [1.165, 1.54) is 51.7 Å². The Morgan fingerprint density at radius 2 is 1.93 bits per heavy atom. The lowest BCUT2D eigenvalue weighted by atomic mass is 10.0. The average molecular weight is 210 g/mol. The Balaban J connectivity index is 1.84. The molecule has 1 saturated heterocycles. The highest BCUT2D eigenvalue weighted by molar-refractivity contribution is 4.85. The van der Waals surface area contributed by atoms with Crippen molar-refractivity contribution >= 4 is 0 Å². The number of hydrogen-bond donors (Lipinski definition) is 1. The van der Waals surface area contributed by atoms with Gasteiger partial charge in [0.2, 0.25) is 0 Å². The molecule has 0 bridgehead atoms. The molecule has 2 aliphatic rings. The minimum Gasteiger partial charge on any atom is -0.314 e. The van der Waals surface area contributed by atoms with E-state index < -0.39 is 0 Å². The van der Waals surface area contributed by atoms with Crippen LogP contribution in [0, 0.1) is 5.92 Å². The normalized spacial score (nSPS) is 33.0. The Morgan fingerprint density at radius 1 is 1.20 bits per heavy atom. The maximum absolute atomic E-state index is 3.56. The zero-order valence-corrected chi connectivity index (χ0v) is 10.3. The Morgan fingerprint density at radius 3 is 2.47 bits per heavy atom. The number of hydrogen-bond acceptors (Lipinski definition) is 2. The molecule has 2 fully saturated rings. The Bertz CT molecular complexity index is 187. The summed E-state index contributed by atoms with van der Waals surface area (Å²) in [5, 5.41) is 3.56. The molecule has 1 aliphatic heterocycles. The third-order valence-electron chi connectivity index (χ3n) is 4.40. The van der Waals surface area contributed by atoms with Crippen molar-refractivity contribution in [1.82, 2.24) is 10.2 Å². The van der Waals surface area contributed by atoms with Crippen LogP contribution in [-0.4, -0.2) is 36.6 Å². The van der Waals surface area contributed by atoms with Crippen LogP contribution in [0.3, 0.4) is 0 Å². The van der Waals surface area contributed by atoms with Crippen LogP contribution in [0.4, 0.5) is 0 Å². The molecule has 0 aromatic rings. The Kier molecular flexibility index (Phi) is 4.04. The number of rotatable bonds is 4. The van der Waals surface area contributed by atoms with Gasteiger partial charge in [0.25, 0.3) is 0 Å². The zero-order chi connectivity index (χ0) is 10.7. The standard InChI is InChI=1S/C13H26N2/c1-3-15(13-6-4-5-7-13)10-12-8-9-14-11(12)2/h11-14H,3-10H2,1-2H3. The summed E-state index contributed by atoms with van der Waals surface area (Å²) in [5.74, 6) is 0.894. The molecule has 15 heavy (non-hydrogen) atoms. The summed E-state index contributed by atoms with van der Waals surface area (Å²) in [5.41, 5.74) is 0. The summed E-state index contributed by atoms with van der Waals surface area (Å²) < 4.78 is 0. The highest BCUT2D eigenvalue weighted by Crippen LogP contribution is 2.26. The number of nitrogens with zero attached hydrogens (tertiary/aromatic N) is 1.